The lowest BCUT2D eigenvalue weighted by molar-refractivity contribution is 0.692. The third-order valence-electron chi connectivity index (χ3n) is 14.4. The molecule has 0 heterocycles. The van der Waals surface area contributed by atoms with E-state index < -0.39 is 0 Å². The van der Waals surface area contributed by atoms with Crippen molar-refractivity contribution in [1.29, 1.82) is 0 Å². The summed E-state index contributed by atoms with van der Waals surface area (Å²) in [5.41, 5.74) is 15.6. The van der Waals surface area contributed by atoms with Crippen molar-refractivity contribution < 1.29 is 0 Å². The summed E-state index contributed by atoms with van der Waals surface area (Å²) in [5, 5.41) is 4.79. The number of para-hydroxylation sites is 2. The second kappa shape index (κ2) is 19.8. The Balaban J connectivity index is 0.897. The molecule has 12 aromatic carbocycles. The van der Waals surface area contributed by atoms with Gasteiger partial charge >= 0.3 is 0 Å². The van der Waals surface area contributed by atoms with Crippen molar-refractivity contribution in [3.8, 4) is 11.1 Å². The zero-order chi connectivity index (χ0) is 49.0. The Kier molecular flexibility index (Phi) is 12.1. The van der Waals surface area contributed by atoms with E-state index in [1.165, 1.54) is 38.2 Å². The molecule has 0 amide bonds. The van der Waals surface area contributed by atoms with Crippen LogP contribution in [0.25, 0.3) is 32.7 Å². The average molecular weight is 936 g/mol. The average Bonchev–Trinajstić information content (AvgIpc) is 3.47. The summed E-state index contributed by atoms with van der Waals surface area (Å²) in [6, 6.07) is 109. The minimum Gasteiger partial charge on any atom is -0.311 e. The van der Waals surface area contributed by atoms with Gasteiger partial charge in [-0.25, -0.2) is 0 Å². The van der Waals surface area contributed by atoms with Crippen LogP contribution in [0.4, 0.5) is 51.2 Å². The van der Waals surface area contributed by atoms with Crippen LogP contribution in [-0.2, 0) is 5.41 Å². The SMILES string of the molecule is CC(c1ccccc1)(c1ccccc1)c1ccc(N(c2ccc(-c3ccc(N(c4ccc(N(c5ccccc5)c5ccccc5)cc4)c4cccc5ccccc45)cc3)cc2)c2cccc3ccccc23)cc1. The Bertz CT molecular complexity index is 3680. The lowest BCUT2D eigenvalue weighted by atomic mass is 9.71. The maximum atomic E-state index is 2.40. The highest BCUT2D eigenvalue weighted by molar-refractivity contribution is 6.00. The van der Waals surface area contributed by atoms with Gasteiger partial charge in [-0.15, -0.1) is 0 Å². The zero-order valence-electron chi connectivity index (χ0n) is 40.7. The van der Waals surface area contributed by atoms with Crippen molar-refractivity contribution in [2.45, 2.75) is 12.3 Å². The van der Waals surface area contributed by atoms with E-state index in [-0.39, 0.29) is 5.41 Å². The summed E-state index contributed by atoms with van der Waals surface area (Å²) in [6.45, 7) is 2.34. The van der Waals surface area contributed by atoms with Gasteiger partial charge in [0, 0.05) is 56.0 Å². The molecule has 12 aromatic rings. The first-order valence-electron chi connectivity index (χ1n) is 25.1. The van der Waals surface area contributed by atoms with Crippen molar-refractivity contribution in [3.63, 3.8) is 0 Å². The van der Waals surface area contributed by atoms with E-state index in [2.05, 4.69) is 325 Å². The van der Waals surface area contributed by atoms with Crippen molar-refractivity contribution in [2.24, 2.45) is 0 Å². The first kappa shape index (κ1) is 44.7. The predicted octanol–water partition coefficient (Wildman–Crippen LogP) is 19.4. The second-order valence-corrected chi connectivity index (χ2v) is 18.7. The van der Waals surface area contributed by atoms with E-state index in [9.17, 15) is 0 Å². The van der Waals surface area contributed by atoms with Crippen LogP contribution in [-0.4, -0.2) is 0 Å². The number of benzene rings is 12. The molecule has 12 rings (SSSR count). The van der Waals surface area contributed by atoms with Crippen LogP contribution >= 0.6 is 0 Å². The van der Waals surface area contributed by atoms with Gasteiger partial charge in [-0.2, -0.15) is 0 Å². The first-order valence-corrected chi connectivity index (χ1v) is 25.1. The number of hydrogen-bond acceptors (Lipinski definition) is 3. The summed E-state index contributed by atoms with van der Waals surface area (Å²) < 4.78 is 0. The molecule has 0 unspecified atom stereocenters. The summed E-state index contributed by atoms with van der Waals surface area (Å²) in [7, 11) is 0. The molecule has 0 aromatic heterocycles. The van der Waals surface area contributed by atoms with E-state index in [0.29, 0.717) is 0 Å². The van der Waals surface area contributed by atoms with Gasteiger partial charge in [-0.05, 0) is 143 Å². The molecule has 0 N–H and O–H groups in total. The van der Waals surface area contributed by atoms with E-state index in [1.54, 1.807) is 0 Å². The molecule has 0 aliphatic carbocycles. The molecule has 0 atom stereocenters. The third-order valence-corrected chi connectivity index (χ3v) is 14.4. The smallest absolute Gasteiger partial charge is 0.0540 e. The fraction of sp³-hybridized carbons (Fsp3) is 0.0286. The van der Waals surface area contributed by atoms with Crippen LogP contribution in [0, 0.1) is 0 Å². The number of hydrogen-bond donors (Lipinski definition) is 0. The highest BCUT2D eigenvalue weighted by atomic mass is 15.2. The first-order chi connectivity index (χ1) is 36.1. The van der Waals surface area contributed by atoms with Crippen LogP contribution in [0.1, 0.15) is 23.6 Å². The fourth-order valence-electron chi connectivity index (χ4n) is 10.6. The van der Waals surface area contributed by atoms with Crippen LogP contribution < -0.4 is 14.7 Å². The largest absolute Gasteiger partial charge is 0.311 e. The second-order valence-electron chi connectivity index (χ2n) is 18.7. The maximum Gasteiger partial charge on any atom is 0.0540 e. The molecular weight excluding hydrogens is 883 g/mol. The fourth-order valence-corrected chi connectivity index (χ4v) is 10.6. The van der Waals surface area contributed by atoms with Gasteiger partial charge in [0.25, 0.3) is 0 Å². The monoisotopic (exact) mass is 935 g/mol. The number of rotatable bonds is 13. The topological polar surface area (TPSA) is 9.72 Å². The van der Waals surface area contributed by atoms with Gasteiger partial charge in [-0.3, -0.25) is 0 Å². The zero-order valence-corrected chi connectivity index (χ0v) is 40.7. The molecule has 0 saturated carbocycles. The summed E-state index contributed by atoms with van der Waals surface area (Å²) in [6.07, 6.45) is 0. The third kappa shape index (κ3) is 8.68. The van der Waals surface area contributed by atoms with Gasteiger partial charge in [0.15, 0.2) is 0 Å². The van der Waals surface area contributed by atoms with Crippen LogP contribution in [0.5, 0.6) is 0 Å². The molecule has 0 aliphatic heterocycles. The van der Waals surface area contributed by atoms with Crippen molar-refractivity contribution in [3.05, 3.63) is 320 Å². The number of anilines is 9. The number of fused-ring (bicyclic) bond motifs is 2. The Morgan fingerprint density at radius 2 is 0.493 bits per heavy atom. The minimum absolute atomic E-state index is 0.341. The standard InChI is InChI=1S/C70H53N3/c1-70(56-24-6-2-7-25-56,57-26-8-3-9-27-57)58-40-46-64(47-41-58)72(68-34-18-22-54-20-14-16-32-66(54)68)62-42-36-52(37-43-62)53-38-44-63(45-39-53)73(69-35-19-23-55-21-15-17-33-67(55)69)65-50-48-61(49-51-65)71(59-28-10-4-11-29-59)60-30-12-5-13-31-60/h2-51H,1H3. The molecule has 3 nitrogen and oxygen atoms in total. The normalized spacial score (nSPS) is 11.4. The molecule has 348 valence electrons. The van der Waals surface area contributed by atoms with Gasteiger partial charge < -0.3 is 14.7 Å². The Labute approximate surface area is 428 Å². The Morgan fingerprint density at radius 1 is 0.219 bits per heavy atom. The van der Waals surface area contributed by atoms with E-state index >= 15 is 0 Å². The van der Waals surface area contributed by atoms with Crippen molar-refractivity contribution in [1.82, 2.24) is 0 Å². The number of nitrogens with zero attached hydrogens (tertiary/aromatic N) is 3. The van der Waals surface area contributed by atoms with E-state index in [4.69, 9.17) is 0 Å². The van der Waals surface area contributed by atoms with Gasteiger partial charge in [0.2, 0.25) is 0 Å². The molecule has 0 spiro atoms. The molecular formula is C70H53N3. The summed E-state index contributed by atoms with van der Waals surface area (Å²) >= 11 is 0. The quantitative estimate of drug-likeness (QED) is 0.107. The van der Waals surface area contributed by atoms with Crippen molar-refractivity contribution in [2.75, 3.05) is 14.7 Å². The molecule has 73 heavy (non-hydrogen) atoms. The summed E-state index contributed by atoms with van der Waals surface area (Å²) in [5.74, 6) is 0. The van der Waals surface area contributed by atoms with E-state index in [0.717, 1.165) is 62.3 Å². The van der Waals surface area contributed by atoms with Crippen molar-refractivity contribution >= 4 is 72.7 Å². The molecule has 0 bridgehead atoms. The lowest BCUT2D eigenvalue weighted by Gasteiger charge is -2.33. The van der Waals surface area contributed by atoms with Crippen LogP contribution in [0.3, 0.4) is 0 Å². The van der Waals surface area contributed by atoms with E-state index in [1.807, 2.05) is 0 Å². The highest BCUT2D eigenvalue weighted by Crippen LogP contribution is 2.45. The van der Waals surface area contributed by atoms with Crippen LogP contribution in [0.2, 0.25) is 0 Å². The van der Waals surface area contributed by atoms with Gasteiger partial charge in [0.1, 0.15) is 0 Å². The molecule has 0 fully saturated rings. The molecule has 0 radical (unpaired) electrons. The lowest BCUT2D eigenvalue weighted by Crippen LogP contribution is -2.25. The molecule has 0 saturated heterocycles. The minimum atomic E-state index is -0.341. The van der Waals surface area contributed by atoms with Gasteiger partial charge in [-0.1, -0.05) is 206 Å². The Morgan fingerprint density at radius 3 is 0.890 bits per heavy atom. The predicted molar refractivity (Wildman–Crippen MR) is 309 cm³/mol. The highest BCUT2D eigenvalue weighted by Gasteiger charge is 2.31. The molecule has 0 aliphatic rings. The summed E-state index contributed by atoms with van der Waals surface area (Å²) in [4.78, 5) is 7.08. The Hall–Kier alpha value is -9.44. The maximum absolute atomic E-state index is 2.40. The molecule has 3 heteroatoms. The van der Waals surface area contributed by atoms with Gasteiger partial charge in [0.05, 0.1) is 11.4 Å². The van der Waals surface area contributed by atoms with Crippen LogP contribution in [0.15, 0.2) is 303 Å².